The Hall–Kier alpha value is -1.66. The highest BCUT2D eigenvalue weighted by Gasteiger charge is 2.60. The maximum absolute atomic E-state index is 12.5. The molecule has 1 aliphatic carbocycles. The van der Waals surface area contributed by atoms with Crippen molar-refractivity contribution >= 4 is 15.9 Å². The Bertz CT molecular complexity index is 804. The number of carbonyl (C=O) groups excluding carboxylic acids is 1. The van der Waals surface area contributed by atoms with Crippen LogP contribution < -0.4 is 10.0 Å². The molecule has 1 amide bonds. The molecule has 6 heteroatoms. The van der Waals surface area contributed by atoms with Crippen LogP contribution in [0.25, 0.3) is 0 Å². The summed E-state index contributed by atoms with van der Waals surface area (Å²) in [5.41, 5.74) is 2.92. The van der Waals surface area contributed by atoms with Gasteiger partial charge in [-0.25, -0.2) is 13.1 Å². The normalized spacial score (nSPS) is 21.0. The highest BCUT2D eigenvalue weighted by atomic mass is 32.2. The van der Waals surface area contributed by atoms with Crippen LogP contribution in [0.1, 0.15) is 52.7 Å². The van der Waals surface area contributed by atoms with Gasteiger partial charge in [0.25, 0.3) is 0 Å². The van der Waals surface area contributed by atoms with Crippen LogP contribution in [0.5, 0.6) is 0 Å². The minimum Gasteiger partial charge on any atom is -0.352 e. The van der Waals surface area contributed by atoms with Gasteiger partial charge in [0.1, 0.15) is 0 Å². The first kappa shape index (κ1) is 21.6. The van der Waals surface area contributed by atoms with Crippen LogP contribution in [0, 0.1) is 17.3 Å². The van der Waals surface area contributed by atoms with Crippen LogP contribution >= 0.6 is 0 Å². The van der Waals surface area contributed by atoms with Gasteiger partial charge in [-0.1, -0.05) is 49.8 Å². The van der Waals surface area contributed by atoms with E-state index in [1.165, 1.54) is 5.57 Å². The molecule has 0 heterocycles. The highest BCUT2D eigenvalue weighted by Crippen LogP contribution is 2.59. The summed E-state index contributed by atoms with van der Waals surface area (Å²) in [6.45, 7) is 12.4. The molecule has 2 rings (SSSR count). The first-order valence-corrected chi connectivity index (χ1v) is 11.1. The number of amides is 1. The third kappa shape index (κ3) is 5.91. The highest BCUT2D eigenvalue weighted by molar-refractivity contribution is 7.88. The maximum atomic E-state index is 12.5. The van der Waals surface area contributed by atoms with Crippen LogP contribution in [0.4, 0.5) is 0 Å². The van der Waals surface area contributed by atoms with Gasteiger partial charge in [0.2, 0.25) is 15.9 Å². The second kappa shape index (κ2) is 8.15. The Labute approximate surface area is 163 Å². The number of rotatable bonds is 8. The SMILES string of the molecule is CC(C)=CC1C(C(=O)NCc2ccc(CS(=O)(=O)NC(C)C)cc2)C1(C)C. The third-order valence-corrected chi connectivity index (χ3v) is 6.51. The summed E-state index contributed by atoms with van der Waals surface area (Å²) in [4.78, 5) is 12.5. The number of allylic oxidation sites excluding steroid dienone is 2. The summed E-state index contributed by atoms with van der Waals surface area (Å²) in [5, 5.41) is 3.01. The van der Waals surface area contributed by atoms with E-state index in [9.17, 15) is 13.2 Å². The Balaban J connectivity index is 1.90. The average Bonchev–Trinajstić information content (AvgIpc) is 3.04. The maximum Gasteiger partial charge on any atom is 0.224 e. The lowest BCUT2D eigenvalue weighted by molar-refractivity contribution is -0.123. The Morgan fingerprint density at radius 2 is 1.70 bits per heavy atom. The van der Waals surface area contributed by atoms with Crippen molar-refractivity contribution in [1.82, 2.24) is 10.0 Å². The van der Waals surface area contributed by atoms with Gasteiger partial charge >= 0.3 is 0 Å². The van der Waals surface area contributed by atoms with Crippen molar-refractivity contribution in [2.75, 3.05) is 0 Å². The van der Waals surface area contributed by atoms with Gasteiger partial charge in [-0.05, 0) is 50.2 Å². The molecule has 27 heavy (non-hydrogen) atoms. The van der Waals surface area contributed by atoms with E-state index in [0.29, 0.717) is 12.5 Å². The Morgan fingerprint density at radius 3 is 2.22 bits per heavy atom. The summed E-state index contributed by atoms with van der Waals surface area (Å²) < 4.78 is 26.6. The van der Waals surface area contributed by atoms with E-state index in [1.807, 2.05) is 12.1 Å². The molecule has 1 aliphatic rings. The molecule has 1 saturated carbocycles. The quantitative estimate of drug-likeness (QED) is 0.666. The van der Waals surface area contributed by atoms with Crippen LogP contribution in [0.2, 0.25) is 0 Å². The van der Waals surface area contributed by atoms with Gasteiger partial charge in [-0.2, -0.15) is 0 Å². The van der Waals surface area contributed by atoms with Gasteiger partial charge in [0, 0.05) is 12.6 Å². The number of hydrogen-bond donors (Lipinski definition) is 2. The minimum atomic E-state index is -3.33. The topological polar surface area (TPSA) is 75.3 Å². The molecule has 1 aromatic carbocycles. The van der Waals surface area contributed by atoms with Crippen LogP contribution in [-0.4, -0.2) is 20.4 Å². The first-order valence-electron chi connectivity index (χ1n) is 9.43. The van der Waals surface area contributed by atoms with E-state index in [-0.39, 0.29) is 29.0 Å². The van der Waals surface area contributed by atoms with E-state index < -0.39 is 10.0 Å². The van der Waals surface area contributed by atoms with E-state index in [2.05, 4.69) is 43.8 Å². The van der Waals surface area contributed by atoms with Crippen molar-refractivity contribution in [1.29, 1.82) is 0 Å². The predicted molar refractivity (Wildman–Crippen MR) is 109 cm³/mol. The molecule has 2 unspecified atom stereocenters. The molecule has 0 spiro atoms. The van der Waals surface area contributed by atoms with E-state index >= 15 is 0 Å². The zero-order valence-corrected chi connectivity index (χ0v) is 18.0. The molecule has 0 bridgehead atoms. The third-order valence-electron chi connectivity index (χ3n) is 4.97. The number of hydrogen-bond acceptors (Lipinski definition) is 3. The zero-order valence-electron chi connectivity index (χ0n) is 17.2. The first-order chi connectivity index (χ1) is 12.4. The number of sulfonamides is 1. The second-order valence-electron chi connectivity index (χ2n) is 8.63. The summed E-state index contributed by atoms with van der Waals surface area (Å²) in [6, 6.07) is 7.21. The number of carbonyl (C=O) groups is 1. The number of nitrogens with one attached hydrogen (secondary N) is 2. The average molecular weight is 393 g/mol. The van der Waals surface area contributed by atoms with Gasteiger partial charge in [0.05, 0.1) is 11.7 Å². The van der Waals surface area contributed by atoms with Crippen LogP contribution in [0.3, 0.4) is 0 Å². The predicted octanol–water partition coefficient (Wildman–Crippen LogP) is 3.37. The van der Waals surface area contributed by atoms with Gasteiger partial charge in [-0.3, -0.25) is 4.79 Å². The van der Waals surface area contributed by atoms with E-state index in [1.54, 1.807) is 26.0 Å². The summed E-state index contributed by atoms with van der Waals surface area (Å²) >= 11 is 0. The van der Waals surface area contributed by atoms with Crippen molar-refractivity contribution in [3.8, 4) is 0 Å². The second-order valence-corrected chi connectivity index (χ2v) is 10.4. The van der Waals surface area contributed by atoms with Crippen molar-refractivity contribution in [2.24, 2.45) is 17.3 Å². The summed E-state index contributed by atoms with van der Waals surface area (Å²) in [6.07, 6.45) is 2.19. The standard InChI is InChI=1S/C21H32N2O3S/c1-14(2)11-18-19(21(18,5)6)20(24)22-12-16-7-9-17(10-8-16)13-27(25,26)23-15(3)4/h7-11,15,18-19,23H,12-13H2,1-6H3,(H,22,24). The van der Waals surface area contributed by atoms with E-state index in [0.717, 1.165) is 11.1 Å². The molecule has 0 aromatic heterocycles. The monoisotopic (exact) mass is 392 g/mol. The molecular formula is C21H32N2O3S. The smallest absolute Gasteiger partial charge is 0.224 e. The molecule has 1 aromatic rings. The zero-order chi connectivity index (χ0) is 20.4. The molecule has 1 fully saturated rings. The lowest BCUT2D eigenvalue weighted by Crippen LogP contribution is -2.31. The molecule has 0 saturated heterocycles. The van der Waals surface area contributed by atoms with Gasteiger partial charge in [0.15, 0.2) is 0 Å². The Kier molecular flexibility index (Phi) is 6.53. The lowest BCUT2D eigenvalue weighted by Gasteiger charge is -2.10. The minimum absolute atomic E-state index is 0.00296. The van der Waals surface area contributed by atoms with Crippen LogP contribution in [0.15, 0.2) is 35.9 Å². The van der Waals surface area contributed by atoms with Crippen molar-refractivity contribution in [2.45, 2.75) is 59.9 Å². The Morgan fingerprint density at radius 1 is 1.15 bits per heavy atom. The van der Waals surface area contributed by atoms with E-state index in [4.69, 9.17) is 0 Å². The van der Waals surface area contributed by atoms with Crippen molar-refractivity contribution in [3.63, 3.8) is 0 Å². The molecule has 0 radical (unpaired) electrons. The summed E-state index contributed by atoms with van der Waals surface area (Å²) in [5.74, 6) is 0.344. The van der Waals surface area contributed by atoms with Gasteiger partial charge < -0.3 is 5.32 Å². The fourth-order valence-electron chi connectivity index (χ4n) is 3.52. The molecule has 150 valence electrons. The van der Waals surface area contributed by atoms with Gasteiger partial charge in [-0.15, -0.1) is 0 Å². The van der Waals surface area contributed by atoms with Crippen molar-refractivity contribution < 1.29 is 13.2 Å². The van der Waals surface area contributed by atoms with Crippen molar-refractivity contribution in [3.05, 3.63) is 47.0 Å². The molecular weight excluding hydrogens is 360 g/mol. The number of benzene rings is 1. The molecule has 5 nitrogen and oxygen atoms in total. The molecule has 0 aliphatic heterocycles. The van der Waals surface area contributed by atoms with Crippen LogP contribution in [-0.2, 0) is 27.1 Å². The summed E-state index contributed by atoms with van der Waals surface area (Å²) in [7, 11) is -3.33. The fraction of sp³-hybridized carbons (Fsp3) is 0.571. The largest absolute Gasteiger partial charge is 0.352 e. The molecule has 2 N–H and O–H groups in total. The lowest BCUT2D eigenvalue weighted by atomic mass is 10.1. The fourth-order valence-corrected chi connectivity index (χ4v) is 4.95. The molecule has 2 atom stereocenters.